The second-order valence-electron chi connectivity index (χ2n) is 2.01. The lowest BCUT2D eigenvalue weighted by atomic mass is 10.5. The van der Waals surface area contributed by atoms with Crippen LogP contribution in [0.2, 0.25) is 0 Å². The Morgan fingerprint density at radius 1 is 1.60 bits per heavy atom. The molecule has 0 radical (unpaired) electrons. The summed E-state index contributed by atoms with van der Waals surface area (Å²) in [5, 5.41) is 8.68. The molecule has 60 valence electrons. The Morgan fingerprint density at radius 3 is 2.80 bits per heavy atom. The summed E-state index contributed by atoms with van der Waals surface area (Å²) in [5.41, 5.74) is 0. The highest BCUT2D eigenvalue weighted by Crippen LogP contribution is 1.86. The highest BCUT2D eigenvalue weighted by molar-refractivity contribution is 4.68. The van der Waals surface area contributed by atoms with Gasteiger partial charge in [-0.05, 0) is 19.4 Å². The van der Waals surface area contributed by atoms with Crippen LogP contribution in [-0.4, -0.2) is 17.8 Å². The van der Waals surface area contributed by atoms with Gasteiger partial charge in [-0.15, -0.1) is 0 Å². The van der Waals surface area contributed by atoms with Gasteiger partial charge in [-0.1, -0.05) is 6.92 Å². The minimum absolute atomic E-state index is 0.202. The monoisotopic (exact) mass is 146 g/mol. The van der Waals surface area contributed by atoms with Crippen molar-refractivity contribution >= 4 is 0 Å². The molecule has 0 rings (SSSR count). The standard InChI is InChI=1S/C7H14O3/c1-3-4-5-9-10-6-7(2)8/h4-5,7-8H,3,6H2,1-2H3/b5-4+. The summed E-state index contributed by atoms with van der Waals surface area (Å²) in [5.74, 6) is 0. The number of aliphatic hydroxyl groups is 1. The van der Waals surface area contributed by atoms with Crippen molar-refractivity contribution in [2.45, 2.75) is 26.4 Å². The summed E-state index contributed by atoms with van der Waals surface area (Å²) >= 11 is 0. The Labute approximate surface area is 61.2 Å². The van der Waals surface area contributed by atoms with Gasteiger partial charge in [0.05, 0.1) is 6.10 Å². The Bertz CT molecular complexity index is 88.9. The summed E-state index contributed by atoms with van der Waals surface area (Å²) < 4.78 is 0. The van der Waals surface area contributed by atoms with Crippen molar-refractivity contribution < 1.29 is 14.9 Å². The Balaban J connectivity index is 2.97. The third-order valence-electron chi connectivity index (χ3n) is 0.765. The maximum atomic E-state index is 8.68. The lowest BCUT2D eigenvalue weighted by molar-refractivity contribution is -0.260. The van der Waals surface area contributed by atoms with E-state index in [1.54, 1.807) is 6.92 Å². The Kier molecular flexibility index (Phi) is 6.22. The third kappa shape index (κ3) is 7.46. The molecule has 0 aliphatic carbocycles. The molecule has 1 N–H and O–H groups in total. The third-order valence-corrected chi connectivity index (χ3v) is 0.765. The fourth-order valence-corrected chi connectivity index (χ4v) is 0.313. The van der Waals surface area contributed by atoms with Gasteiger partial charge in [0.25, 0.3) is 0 Å². The zero-order valence-electron chi connectivity index (χ0n) is 6.41. The van der Waals surface area contributed by atoms with E-state index in [4.69, 9.17) is 5.11 Å². The van der Waals surface area contributed by atoms with Gasteiger partial charge >= 0.3 is 0 Å². The van der Waals surface area contributed by atoms with Crippen LogP contribution in [0.15, 0.2) is 12.3 Å². The van der Waals surface area contributed by atoms with Gasteiger partial charge in [-0.2, -0.15) is 4.89 Å². The van der Waals surface area contributed by atoms with Crippen LogP contribution in [0.3, 0.4) is 0 Å². The highest BCUT2D eigenvalue weighted by atomic mass is 17.2. The fourth-order valence-electron chi connectivity index (χ4n) is 0.313. The first-order chi connectivity index (χ1) is 4.77. The molecule has 1 unspecified atom stereocenters. The molecule has 0 bridgehead atoms. The largest absolute Gasteiger partial charge is 0.391 e. The van der Waals surface area contributed by atoms with Gasteiger partial charge in [0, 0.05) is 0 Å². The van der Waals surface area contributed by atoms with E-state index in [0.717, 1.165) is 6.42 Å². The van der Waals surface area contributed by atoms with E-state index >= 15 is 0 Å². The minimum Gasteiger partial charge on any atom is -0.391 e. The molecule has 1 atom stereocenters. The predicted octanol–water partition coefficient (Wildman–Crippen LogP) is 1.24. The lowest BCUT2D eigenvalue weighted by Crippen LogP contribution is -2.08. The molecule has 0 aromatic heterocycles. The summed E-state index contributed by atoms with van der Waals surface area (Å²) in [6, 6.07) is 0. The molecule has 0 fully saturated rings. The average Bonchev–Trinajstić information content (AvgIpc) is 1.87. The molecule has 0 saturated heterocycles. The summed E-state index contributed by atoms with van der Waals surface area (Å²) in [6.07, 6.45) is 3.72. The van der Waals surface area contributed by atoms with E-state index in [0.29, 0.717) is 0 Å². The van der Waals surface area contributed by atoms with E-state index < -0.39 is 6.10 Å². The number of rotatable bonds is 5. The predicted molar refractivity (Wildman–Crippen MR) is 38.1 cm³/mol. The Morgan fingerprint density at radius 2 is 2.30 bits per heavy atom. The summed E-state index contributed by atoms with van der Waals surface area (Å²) in [6.45, 7) is 3.83. The molecule has 0 aliphatic rings. The van der Waals surface area contributed by atoms with Crippen LogP contribution in [0.4, 0.5) is 0 Å². The van der Waals surface area contributed by atoms with Crippen molar-refractivity contribution in [1.82, 2.24) is 0 Å². The van der Waals surface area contributed by atoms with E-state index in [1.165, 1.54) is 6.26 Å². The van der Waals surface area contributed by atoms with Crippen LogP contribution in [0.1, 0.15) is 20.3 Å². The van der Waals surface area contributed by atoms with Crippen molar-refractivity contribution in [3.8, 4) is 0 Å². The zero-order chi connectivity index (χ0) is 7.82. The number of hydrogen-bond donors (Lipinski definition) is 1. The minimum atomic E-state index is -0.477. The molecular weight excluding hydrogens is 132 g/mol. The molecule has 0 amide bonds. The SMILES string of the molecule is CC/C=C/OOCC(C)O. The number of allylic oxidation sites excluding steroid dienone is 1. The highest BCUT2D eigenvalue weighted by Gasteiger charge is 1.92. The number of hydrogen-bond acceptors (Lipinski definition) is 3. The first-order valence-electron chi connectivity index (χ1n) is 3.38. The van der Waals surface area contributed by atoms with Gasteiger partial charge in [0.2, 0.25) is 0 Å². The van der Waals surface area contributed by atoms with Crippen LogP contribution >= 0.6 is 0 Å². The van der Waals surface area contributed by atoms with E-state index in [1.807, 2.05) is 13.0 Å². The first-order valence-corrected chi connectivity index (χ1v) is 3.38. The second-order valence-corrected chi connectivity index (χ2v) is 2.01. The van der Waals surface area contributed by atoms with Gasteiger partial charge in [-0.3, -0.25) is 0 Å². The molecule has 0 spiro atoms. The summed E-state index contributed by atoms with van der Waals surface area (Å²) in [4.78, 5) is 9.10. The van der Waals surface area contributed by atoms with Crippen molar-refractivity contribution in [2.75, 3.05) is 6.61 Å². The van der Waals surface area contributed by atoms with Crippen molar-refractivity contribution in [1.29, 1.82) is 0 Å². The first kappa shape index (κ1) is 9.46. The molecule has 3 nitrogen and oxygen atoms in total. The average molecular weight is 146 g/mol. The quantitative estimate of drug-likeness (QED) is 0.274. The topological polar surface area (TPSA) is 38.7 Å². The zero-order valence-corrected chi connectivity index (χ0v) is 6.41. The van der Waals surface area contributed by atoms with Crippen LogP contribution in [0, 0.1) is 0 Å². The normalized spacial score (nSPS) is 13.9. The van der Waals surface area contributed by atoms with E-state index in [9.17, 15) is 0 Å². The number of aliphatic hydroxyl groups excluding tert-OH is 1. The smallest absolute Gasteiger partial charge is 0.125 e. The summed E-state index contributed by atoms with van der Waals surface area (Å²) in [7, 11) is 0. The lowest BCUT2D eigenvalue weighted by Gasteiger charge is -2.01. The maximum absolute atomic E-state index is 8.68. The van der Waals surface area contributed by atoms with Crippen molar-refractivity contribution in [2.24, 2.45) is 0 Å². The maximum Gasteiger partial charge on any atom is 0.125 e. The van der Waals surface area contributed by atoms with Crippen LogP contribution in [-0.2, 0) is 9.78 Å². The van der Waals surface area contributed by atoms with E-state index in [2.05, 4.69) is 9.78 Å². The molecular formula is C7H14O3. The molecule has 3 heteroatoms. The van der Waals surface area contributed by atoms with Crippen molar-refractivity contribution in [3.63, 3.8) is 0 Å². The Hall–Kier alpha value is -0.540. The second kappa shape index (κ2) is 6.58. The van der Waals surface area contributed by atoms with Crippen LogP contribution in [0.5, 0.6) is 0 Å². The van der Waals surface area contributed by atoms with Gasteiger partial charge in [0.15, 0.2) is 0 Å². The molecule has 0 aromatic rings. The van der Waals surface area contributed by atoms with Gasteiger partial charge < -0.3 is 9.99 Å². The molecule has 0 heterocycles. The molecule has 0 saturated carbocycles. The van der Waals surface area contributed by atoms with Gasteiger partial charge in [0.1, 0.15) is 12.9 Å². The van der Waals surface area contributed by atoms with Crippen LogP contribution < -0.4 is 0 Å². The van der Waals surface area contributed by atoms with Crippen molar-refractivity contribution in [3.05, 3.63) is 12.3 Å². The molecule has 0 aromatic carbocycles. The van der Waals surface area contributed by atoms with E-state index in [-0.39, 0.29) is 6.61 Å². The molecule has 10 heavy (non-hydrogen) atoms. The fraction of sp³-hybridized carbons (Fsp3) is 0.714. The van der Waals surface area contributed by atoms with Gasteiger partial charge in [-0.25, -0.2) is 0 Å². The van der Waals surface area contributed by atoms with Crippen LogP contribution in [0.25, 0.3) is 0 Å². The molecule has 0 aliphatic heterocycles.